The highest BCUT2D eigenvalue weighted by atomic mass is 127. The van der Waals surface area contributed by atoms with Gasteiger partial charge in [-0.15, -0.1) is 24.0 Å². The zero-order valence-corrected chi connectivity index (χ0v) is 18.4. The second-order valence-electron chi connectivity index (χ2n) is 6.89. The summed E-state index contributed by atoms with van der Waals surface area (Å²) in [4.78, 5) is 6.85. The molecule has 1 aliphatic rings. The Morgan fingerprint density at radius 3 is 2.64 bits per heavy atom. The van der Waals surface area contributed by atoms with Gasteiger partial charge in [0.2, 0.25) is 0 Å². The first-order valence-electron chi connectivity index (χ1n) is 8.91. The fourth-order valence-corrected chi connectivity index (χ4v) is 3.03. The minimum atomic E-state index is 0. The SMILES string of the molecule is CN=C(NCCOc1ccccc1C)NC1CN(C(C)C)CC1C.I. The molecule has 0 bridgehead atoms. The molecule has 0 spiro atoms. The van der Waals surface area contributed by atoms with Crippen LogP contribution in [0.3, 0.4) is 0 Å². The van der Waals surface area contributed by atoms with Crippen LogP contribution >= 0.6 is 24.0 Å². The van der Waals surface area contributed by atoms with Gasteiger partial charge in [-0.1, -0.05) is 25.1 Å². The van der Waals surface area contributed by atoms with Crippen molar-refractivity contribution in [2.45, 2.75) is 39.8 Å². The maximum absolute atomic E-state index is 5.82. The van der Waals surface area contributed by atoms with Crippen molar-refractivity contribution in [3.05, 3.63) is 29.8 Å². The van der Waals surface area contributed by atoms with Crippen molar-refractivity contribution in [3.8, 4) is 5.75 Å². The topological polar surface area (TPSA) is 48.9 Å². The molecule has 5 nitrogen and oxygen atoms in total. The van der Waals surface area contributed by atoms with Gasteiger partial charge in [-0.3, -0.25) is 9.89 Å². The first-order valence-corrected chi connectivity index (χ1v) is 8.91. The Balaban J connectivity index is 0.00000312. The van der Waals surface area contributed by atoms with Gasteiger partial charge in [-0.2, -0.15) is 0 Å². The second kappa shape index (κ2) is 10.9. The number of likely N-dealkylation sites (tertiary alicyclic amines) is 1. The lowest BCUT2D eigenvalue weighted by Crippen LogP contribution is -2.47. The molecule has 0 amide bonds. The first kappa shape index (κ1) is 22.0. The van der Waals surface area contributed by atoms with Crippen molar-refractivity contribution in [2.24, 2.45) is 10.9 Å². The summed E-state index contributed by atoms with van der Waals surface area (Å²) in [5, 5.41) is 6.90. The molecule has 1 aromatic rings. The average Bonchev–Trinajstić information content (AvgIpc) is 2.93. The van der Waals surface area contributed by atoms with E-state index in [2.05, 4.69) is 54.3 Å². The highest BCUT2D eigenvalue weighted by Gasteiger charge is 2.31. The maximum Gasteiger partial charge on any atom is 0.191 e. The van der Waals surface area contributed by atoms with E-state index < -0.39 is 0 Å². The molecule has 2 N–H and O–H groups in total. The number of halogens is 1. The molecule has 6 heteroatoms. The molecule has 0 radical (unpaired) electrons. The Morgan fingerprint density at radius 2 is 2.04 bits per heavy atom. The number of hydrogen-bond donors (Lipinski definition) is 2. The van der Waals surface area contributed by atoms with E-state index in [1.54, 1.807) is 0 Å². The normalized spacial score (nSPS) is 21.1. The largest absolute Gasteiger partial charge is 0.491 e. The summed E-state index contributed by atoms with van der Waals surface area (Å²) >= 11 is 0. The highest BCUT2D eigenvalue weighted by Crippen LogP contribution is 2.18. The molecule has 1 aromatic carbocycles. The van der Waals surface area contributed by atoms with Crippen LogP contribution < -0.4 is 15.4 Å². The molecular weight excluding hydrogens is 427 g/mol. The Labute approximate surface area is 169 Å². The number of nitrogens with zero attached hydrogens (tertiary/aromatic N) is 2. The average molecular weight is 460 g/mol. The fourth-order valence-electron chi connectivity index (χ4n) is 3.03. The summed E-state index contributed by atoms with van der Waals surface area (Å²) in [6.07, 6.45) is 0. The summed E-state index contributed by atoms with van der Waals surface area (Å²) in [6, 6.07) is 9.12. The molecule has 0 aliphatic carbocycles. The molecule has 2 unspecified atom stereocenters. The predicted molar refractivity (Wildman–Crippen MR) is 116 cm³/mol. The number of nitrogens with one attached hydrogen (secondary N) is 2. The van der Waals surface area contributed by atoms with Gasteiger partial charge in [0, 0.05) is 32.2 Å². The van der Waals surface area contributed by atoms with E-state index in [1.165, 1.54) is 0 Å². The van der Waals surface area contributed by atoms with Crippen LogP contribution in [0.15, 0.2) is 29.3 Å². The van der Waals surface area contributed by atoms with Gasteiger partial charge in [0.15, 0.2) is 5.96 Å². The van der Waals surface area contributed by atoms with Crippen LogP contribution in [-0.2, 0) is 0 Å². The van der Waals surface area contributed by atoms with E-state index in [9.17, 15) is 0 Å². The van der Waals surface area contributed by atoms with E-state index in [4.69, 9.17) is 4.74 Å². The second-order valence-corrected chi connectivity index (χ2v) is 6.89. The minimum absolute atomic E-state index is 0. The monoisotopic (exact) mass is 460 g/mol. The number of hydrogen-bond acceptors (Lipinski definition) is 3. The van der Waals surface area contributed by atoms with Crippen molar-refractivity contribution in [2.75, 3.05) is 33.3 Å². The van der Waals surface area contributed by atoms with Crippen LogP contribution in [0.2, 0.25) is 0 Å². The highest BCUT2D eigenvalue weighted by molar-refractivity contribution is 14.0. The van der Waals surface area contributed by atoms with Crippen molar-refractivity contribution < 1.29 is 4.74 Å². The van der Waals surface area contributed by atoms with Gasteiger partial charge >= 0.3 is 0 Å². The van der Waals surface area contributed by atoms with Gasteiger partial charge in [-0.05, 0) is 38.3 Å². The number of aliphatic imine (C=N–C) groups is 1. The first-order chi connectivity index (χ1) is 11.5. The Bertz CT molecular complexity index is 550. The molecule has 25 heavy (non-hydrogen) atoms. The van der Waals surface area contributed by atoms with Crippen LogP contribution in [0.25, 0.3) is 0 Å². The van der Waals surface area contributed by atoms with Crippen LogP contribution in [0.1, 0.15) is 26.3 Å². The molecule has 142 valence electrons. The maximum atomic E-state index is 5.82. The third-order valence-corrected chi connectivity index (χ3v) is 4.66. The predicted octanol–water partition coefficient (Wildman–Crippen LogP) is 2.89. The lowest BCUT2D eigenvalue weighted by molar-refractivity contribution is 0.265. The van der Waals surface area contributed by atoms with E-state index in [-0.39, 0.29) is 24.0 Å². The minimum Gasteiger partial charge on any atom is -0.491 e. The third-order valence-electron chi connectivity index (χ3n) is 4.66. The quantitative estimate of drug-likeness (QED) is 0.297. The van der Waals surface area contributed by atoms with Gasteiger partial charge in [0.05, 0.1) is 6.54 Å². The molecule has 2 atom stereocenters. The molecule has 1 heterocycles. The number of rotatable bonds is 6. The lowest BCUT2D eigenvalue weighted by Gasteiger charge is -2.22. The zero-order valence-electron chi connectivity index (χ0n) is 16.1. The van der Waals surface area contributed by atoms with Crippen molar-refractivity contribution in [1.82, 2.24) is 15.5 Å². The summed E-state index contributed by atoms with van der Waals surface area (Å²) in [6.45, 7) is 12.4. The fraction of sp³-hybridized carbons (Fsp3) is 0.632. The zero-order chi connectivity index (χ0) is 17.5. The number of ether oxygens (including phenoxy) is 1. The van der Waals surface area contributed by atoms with Crippen molar-refractivity contribution in [3.63, 3.8) is 0 Å². The summed E-state index contributed by atoms with van der Waals surface area (Å²) in [7, 11) is 1.82. The van der Waals surface area contributed by atoms with E-state index in [0.29, 0.717) is 24.6 Å². The van der Waals surface area contributed by atoms with E-state index in [0.717, 1.165) is 36.9 Å². The number of para-hydroxylation sites is 1. The van der Waals surface area contributed by atoms with Crippen molar-refractivity contribution >= 4 is 29.9 Å². The summed E-state index contributed by atoms with van der Waals surface area (Å²) in [5.74, 6) is 2.42. The van der Waals surface area contributed by atoms with E-state index >= 15 is 0 Å². The van der Waals surface area contributed by atoms with Crippen LogP contribution in [-0.4, -0.2) is 56.2 Å². The summed E-state index contributed by atoms with van der Waals surface area (Å²) in [5.41, 5.74) is 1.16. The van der Waals surface area contributed by atoms with Crippen LogP contribution in [0.4, 0.5) is 0 Å². The standard InChI is InChI=1S/C19H32N4O.HI/c1-14(2)23-12-16(4)17(13-23)22-19(20-5)21-10-11-24-18-9-7-6-8-15(18)3;/h6-9,14,16-17H,10-13H2,1-5H3,(H2,20,21,22);1H. The van der Waals surface area contributed by atoms with Gasteiger partial charge in [-0.25, -0.2) is 0 Å². The molecule has 1 fully saturated rings. The molecule has 1 aliphatic heterocycles. The lowest BCUT2D eigenvalue weighted by atomic mass is 10.1. The van der Waals surface area contributed by atoms with Gasteiger partial charge < -0.3 is 15.4 Å². The molecule has 1 saturated heterocycles. The number of guanidine groups is 1. The Hall–Kier alpha value is -1.02. The molecular formula is C19H33IN4O. The van der Waals surface area contributed by atoms with Crippen LogP contribution in [0, 0.1) is 12.8 Å². The smallest absolute Gasteiger partial charge is 0.191 e. The van der Waals surface area contributed by atoms with Gasteiger partial charge in [0.1, 0.15) is 12.4 Å². The molecule has 0 saturated carbocycles. The summed E-state index contributed by atoms with van der Waals surface area (Å²) < 4.78 is 5.82. The Morgan fingerprint density at radius 1 is 1.32 bits per heavy atom. The number of aryl methyl sites for hydroxylation is 1. The molecule has 0 aromatic heterocycles. The number of benzene rings is 1. The third kappa shape index (κ3) is 6.66. The van der Waals surface area contributed by atoms with E-state index in [1.807, 2.05) is 25.2 Å². The van der Waals surface area contributed by atoms with Crippen molar-refractivity contribution in [1.29, 1.82) is 0 Å². The molecule has 2 rings (SSSR count). The Kier molecular flexibility index (Phi) is 9.56. The van der Waals surface area contributed by atoms with Gasteiger partial charge in [0.25, 0.3) is 0 Å². The van der Waals surface area contributed by atoms with Crippen LogP contribution in [0.5, 0.6) is 5.75 Å².